The van der Waals surface area contributed by atoms with Crippen LogP contribution in [0.2, 0.25) is 0 Å². The number of benzene rings is 2. The molecule has 1 aliphatic heterocycles. The topological polar surface area (TPSA) is 40.6 Å². The summed E-state index contributed by atoms with van der Waals surface area (Å²) in [5.41, 5.74) is 0.589. The molecule has 6 heteroatoms. The van der Waals surface area contributed by atoms with Gasteiger partial charge in [0.2, 0.25) is 5.91 Å². The van der Waals surface area contributed by atoms with Crippen LogP contribution in [0.4, 0.5) is 14.5 Å². The van der Waals surface area contributed by atoms with Crippen molar-refractivity contribution in [3.63, 3.8) is 0 Å². The molecule has 1 atom stereocenters. The molecule has 0 fully saturated rings. The summed E-state index contributed by atoms with van der Waals surface area (Å²) in [6.07, 6.45) is -0.851. The van der Waals surface area contributed by atoms with Gasteiger partial charge in [0.1, 0.15) is 0 Å². The number of alkyl halides is 2. The second-order valence-electron chi connectivity index (χ2n) is 7.58. The highest BCUT2D eigenvalue weighted by Crippen LogP contribution is 2.47. The zero-order chi connectivity index (χ0) is 21.2. The maximum absolute atomic E-state index is 15.0. The lowest BCUT2D eigenvalue weighted by Gasteiger charge is -2.31. The second kappa shape index (κ2) is 7.93. The number of para-hydroxylation sites is 1. The Kier molecular flexibility index (Phi) is 5.73. The molecule has 0 saturated heterocycles. The Hall–Kier alpha value is -2.76. The zero-order valence-electron chi connectivity index (χ0n) is 17.0. The minimum atomic E-state index is -3.63. The van der Waals surface area contributed by atoms with Crippen molar-refractivity contribution in [1.82, 2.24) is 4.90 Å². The molecule has 2 aromatic carbocycles. The lowest BCUT2D eigenvalue weighted by Crippen LogP contribution is -2.49. The quantitative estimate of drug-likeness (QED) is 0.692. The average molecular weight is 400 g/mol. The summed E-state index contributed by atoms with van der Waals surface area (Å²) in [4.78, 5) is 28.4. The van der Waals surface area contributed by atoms with Crippen molar-refractivity contribution in [1.29, 1.82) is 0 Å². The van der Waals surface area contributed by atoms with Crippen LogP contribution in [-0.4, -0.2) is 35.7 Å². The Labute approximate surface area is 170 Å². The summed E-state index contributed by atoms with van der Waals surface area (Å²) in [5, 5.41) is 0. The number of hydrogen-bond acceptors (Lipinski definition) is 2. The van der Waals surface area contributed by atoms with Crippen molar-refractivity contribution >= 4 is 17.5 Å². The minimum absolute atomic E-state index is 0.201. The Bertz CT molecular complexity index is 897. The number of carbonyl (C=O) groups excluding carboxylic acids is 2. The van der Waals surface area contributed by atoms with E-state index in [1.165, 1.54) is 6.92 Å². The number of amides is 2. The van der Waals surface area contributed by atoms with Gasteiger partial charge < -0.3 is 9.80 Å². The smallest absolute Gasteiger partial charge is 0.326 e. The molecule has 0 radical (unpaired) electrons. The summed E-state index contributed by atoms with van der Waals surface area (Å²) < 4.78 is 30.0. The first-order valence-electron chi connectivity index (χ1n) is 9.87. The Balaban J connectivity index is 1.96. The summed E-state index contributed by atoms with van der Waals surface area (Å²) in [6, 6.07) is 16.4. The van der Waals surface area contributed by atoms with Crippen molar-refractivity contribution < 1.29 is 18.4 Å². The van der Waals surface area contributed by atoms with Crippen LogP contribution in [0, 0.1) is 0 Å². The van der Waals surface area contributed by atoms with E-state index in [1.54, 1.807) is 43.0 Å². The Morgan fingerprint density at radius 1 is 1.03 bits per heavy atom. The number of anilines is 1. The number of carbonyl (C=O) groups is 2. The SMILES string of the molecule is CCN(CC)C(=O)C(F)(F)CC1(C)C(=O)N(Cc2ccccc2)c2ccccc21. The standard InChI is InChI=1S/C23H26F2N2O2/c1-4-26(5-2)21(29)23(24,25)16-22(3)18-13-9-10-14-19(18)27(20(22)28)15-17-11-7-6-8-12-17/h6-14H,4-5,15-16H2,1-3H3. The molecular formula is C23H26F2N2O2. The predicted molar refractivity (Wildman–Crippen MR) is 109 cm³/mol. The van der Waals surface area contributed by atoms with Crippen molar-refractivity contribution in [3.8, 4) is 0 Å². The normalized spacial score (nSPS) is 18.7. The van der Waals surface area contributed by atoms with Gasteiger partial charge in [-0.1, -0.05) is 48.5 Å². The number of hydrogen-bond donors (Lipinski definition) is 0. The van der Waals surface area contributed by atoms with Crippen molar-refractivity contribution in [2.75, 3.05) is 18.0 Å². The molecule has 0 bridgehead atoms. The molecule has 0 aliphatic carbocycles. The predicted octanol–water partition coefficient (Wildman–Crippen LogP) is 4.38. The summed E-state index contributed by atoms with van der Waals surface area (Å²) >= 11 is 0. The number of rotatable bonds is 7. The first-order chi connectivity index (χ1) is 13.7. The minimum Gasteiger partial charge on any atom is -0.338 e. The fourth-order valence-corrected chi connectivity index (χ4v) is 4.05. The highest BCUT2D eigenvalue weighted by atomic mass is 19.3. The second-order valence-corrected chi connectivity index (χ2v) is 7.58. The number of nitrogens with zero attached hydrogens (tertiary/aromatic N) is 2. The molecule has 0 saturated carbocycles. The number of halogens is 2. The van der Waals surface area contributed by atoms with Gasteiger partial charge in [-0.3, -0.25) is 9.59 Å². The molecule has 3 rings (SSSR count). The first-order valence-corrected chi connectivity index (χ1v) is 9.87. The van der Waals surface area contributed by atoms with Crippen molar-refractivity contribution in [2.45, 2.75) is 45.1 Å². The van der Waals surface area contributed by atoms with Gasteiger partial charge in [0.25, 0.3) is 5.91 Å². The van der Waals surface area contributed by atoms with Crippen LogP contribution in [0.1, 0.15) is 38.3 Å². The van der Waals surface area contributed by atoms with E-state index in [2.05, 4.69) is 0 Å². The molecule has 1 heterocycles. The fourth-order valence-electron chi connectivity index (χ4n) is 4.05. The molecule has 0 N–H and O–H groups in total. The van der Waals surface area contributed by atoms with Gasteiger partial charge in [0, 0.05) is 25.2 Å². The maximum atomic E-state index is 15.0. The lowest BCUT2D eigenvalue weighted by molar-refractivity contribution is -0.160. The van der Waals surface area contributed by atoms with Gasteiger partial charge in [-0.2, -0.15) is 8.78 Å². The van der Waals surface area contributed by atoms with Gasteiger partial charge in [-0.25, -0.2) is 0 Å². The highest BCUT2D eigenvalue weighted by Gasteiger charge is 2.55. The largest absolute Gasteiger partial charge is 0.338 e. The highest BCUT2D eigenvalue weighted by molar-refractivity contribution is 6.08. The third kappa shape index (κ3) is 3.76. The molecule has 1 unspecified atom stereocenters. The van der Waals surface area contributed by atoms with Crippen LogP contribution in [-0.2, 0) is 21.5 Å². The van der Waals surface area contributed by atoms with Gasteiger partial charge in [0.15, 0.2) is 0 Å². The van der Waals surface area contributed by atoms with E-state index in [-0.39, 0.29) is 13.1 Å². The average Bonchev–Trinajstić information content (AvgIpc) is 2.91. The van der Waals surface area contributed by atoms with Gasteiger partial charge in [-0.05, 0) is 38.0 Å². The van der Waals surface area contributed by atoms with Crippen LogP contribution >= 0.6 is 0 Å². The monoisotopic (exact) mass is 400 g/mol. The van der Waals surface area contributed by atoms with E-state index in [9.17, 15) is 18.4 Å². The molecule has 0 aromatic heterocycles. The van der Waals surface area contributed by atoms with Crippen LogP contribution in [0.15, 0.2) is 54.6 Å². The third-order valence-electron chi connectivity index (χ3n) is 5.63. The van der Waals surface area contributed by atoms with E-state index >= 15 is 0 Å². The zero-order valence-corrected chi connectivity index (χ0v) is 17.0. The summed E-state index contributed by atoms with van der Waals surface area (Å²) in [7, 11) is 0. The maximum Gasteiger partial charge on any atom is 0.326 e. The number of fused-ring (bicyclic) bond motifs is 1. The molecule has 154 valence electrons. The van der Waals surface area contributed by atoms with Gasteiger partial charge in [-0.15, -0.1) is 0 Å². The molecule has 29 heavy (non-hydrogen) atoms. The Morgan fingerprint density at radius 2 is 1.62 bits per heavy atom. The van der Waals surface area contributed by atoms with Crippen LogP contribution in [0.3, 0.4) is 0 Å². The van der Waals surface area contributed by atoms with Gasteiger partial charge >= 0.3 is 5.92 Å². The van der Waals surface area contributed by atoms with Crippen LogP contribution in [0.25, 0.3) is 0 Å². The molecule has 4 nitrogen and oxygen atoms in total. The molecule has 1 aliphatic rings. The summed E-state index contributed by atoms with van der Waals surface area (Å²) in [5.74, 6) is -5.27. The third-order valence-corrected chi connectivity index (χ3v) is 5.63. The van der Waals surface area contributed by atoms with Crippen molar-refractivity contribution in [2.24, 2.45) is 0 Å². The van der Waals surface area contributed by atoms with E-state index in [0.717, 1.165) is 10.5 Å². The van der Waals surface area contributed by atoms with E-state index in [4.69, 9.17) is 0 Å². The molecular weight excluding hydrogens is 374 g/mol. The molecule has 2 aromatic rings. The van der Waals surface area contributed by atoms with Crippen molar-refractivity contribution in [3.05, 3.63) is 65.7 Å². The Morgan fingerprint density at radius 3 is 2.24 bits per heavy atom. The lowest BCUT2D eigenvalue weighted by atomic mass is 9.78. The van der Waals surface area contributed by atoms with E-state index < -0.39 is 29.6 Å². The van der Waals surface area contributed by atoms with E-state index in [1.807, 2.05) is 30.3 Å². The van der Waals surface area contributed by atoms with E-state index in [0.29, 0.717) is 17.8 Å². The molecule has 0 spiro atoms. The summed E-state index contributed by atoms with van der Waals surface area (Å²) in [6.45, 7) is 5.54. The molecule has 2 amide bonds. The van der Waals surface area contributed by atoms with Crippen LogP contribution in [0.5, 0.6) is 0 Å². The van der Waals surface area contributed by atoms with Crippen LogP contribution < -0.4 is 4.90 Å². The fraction of sp³-hybridized carbons (Fsp3) is 0.391. The first kappa shape index (κ1) is 21.0. The van der Waals surface area contributed by atoms with Gasteiger partial charge in [0.05, 0.1) is 12.0 Å².